The zero-order valence-electron chi connectivity index (χ0n) is 6.86. The lowest BCUT2D eigenvalue weighted by atomic mass is 10.2. The molecule has 4 heteroatoms. The predicted molar refractivity (Wildman–Crippen MR) is 52.2 cm³/mol. The lowest BCUT2D eigenvalue weighted by Gasteiger charge is -2.03. The van der Waals surface area contributed by atoms with E-state index in [0.29, 0.717) is 11.2 Å². The third kappa shape index (κ3) is 1.12. The van der Waals surface area contributed by atoms with E-state index in [1.165, 1.54) is 0 Å². The highest BCUT2D eigenvalue weighted by Crippen LogP contribution is 2.26. The van der Waals surface area contributed by atoms with Crippen LogP contribution in [0.2, 0.25) is 0 Å². The number of rotatable bonds is 0. The van der Waals surface area contributed by atoms with Crippen LogP contribution in [-0.4, -0.2) is 10.1 Å². The van der Waals surface area contributed by atoms with E-state index < -0.39 is 0 Å². The van der Waals surface area contributed by atoms with Crippen molar-refractivity contribution in [3.63, 3.8) is 0 Å². The van der Waals surface area contributed by atoms with Crippen molar-refractivity contribution in [1.29, 1.82) is 0 Å². The van der Waals surface area contributed by atoms with E-state index in [0.717, 1.165) is 5.39 Å². The van der Waals surface area contributed by atoms with Gasteiger partial charge >= 0.3 is 0 Å². The number of phenols is 1. The Labute approximate surface area is 74.8 Å². The molecule has 1 aromatic carbocycles. The lowest BCUT2D eigenvalue weighted by molar-refractivity contribution is 0.480. The van der Waals surface area contributed by atoms with Crippen molar-refractivity contribution in [2.75, 3.05) is 11.5 Å². The van der Waals surface area contributed by atoms with Gasteiger partial charge in [0, 0.05) is 5.39 Å². The van der Waals surface area contributed by atoms with Crippen LogP contribution in [0.5, 0.6) is 5.75 Å². The molecule has 4 nitrogen and oxygen atoms in total. The second kappa shape index (κ2) is 2.52. The highest BCUT2D eigenvalue weighted by molar-refractivity contribution is 5.89. The average Bonchev–Trinajstić information content (AvgIpc) is 2.09. The number of fused-ring (bicyclic) bond motifs is 1. The smallest absolute Gasteiger partial charge is 0.147 e. The molecule has 2 aromatic rings. The van der Waals surface area contributed by atoms with Crippen molar-refractivity contribution >= 4 is 22.4 Å². The van der Waals surface area contributed by atoms with Gasteiger partial charge in [-0.3, -0.25) is 0 Å². The molecule has 0 radical (unpaired) electrons. The highest BCUT2D eigenvalue weighted by Gasteiger charge is 2.03. The summed E-state index contributed by atoms with van der Waals surface area (Å²) in [5, 5.41) is 10.2. The van der Waals surface area contributed by atoms with Crippen LogP contribution in [0.3, 0.4) is 0 Å². The number of hydrogen-bond donors (Lipinski definition) is 3. The second-order valence-electron chi connectivity index (χ2n) is 2.81. The van der Waals surface area contributed by atoms with Crippen molar-refractivity contribution in [2.24, 2.45) is 0 Å². The standard InChI is InChI=1S/C9H9N3O/c10-6-4-5-2-1-3-7(13)8(5)12-9(6)11/h1-4,13H,10H2,(H2,11,12). The quantitative estimate of drug-likeness (QED) is 0.559. The first-order valence-electron chi connectivity index (χ1n) is 3.82. The molecule has 66 valence electrons. The summed E-state index contributed by atoms with van der Waals surface area (Å²) in [4.78, 5) is 3.98. The minimum absolute atomic E-state index is 0.115. The van der Waals surface area contributed by atoms with Crippen molar-refractivity contribution < 1.29 is 5.11 Å². The van der Waals surface area contributed by atoms with Crippen molar-refractivity contribution in [1.82, 2.24) is 4.98 Å². The number of phenolic OH excluding ortho intramolecular Hbond substituents is 1. The van der Waals surface area contributed by atoms with E-state index in [-0.39, 0.29) is 11.6 Å². The maximum Gasteiger partial charge on any atom is 0.147 e. The second-order valence-corrected chi connectivity index (χ2v) is 2.81. The first kappa shape index (κ1) is 7.67. The number of nitrogens with two attached hydrogens (primary N) is 2. The van der Waals surface area contributed by atoms with Crippen molar-refractivity contribution in [2.45, 2.75) is 0 Å². The van der Waals surface area contributed by atoms with Crippen LogP contribution in [0.4, 0.5) is 11.5 Å². The molecular weight excluding hydrogens is 166 g/mol. The molecular formula is C9H9N3O. The van der Waals surface area contributed by atoms with Gasteiger partial charge in [-0.1, -0.05) is 12.1 Å². The number of nitrogens with zero attached hydrogens (tertiary/aromatic N) is 1. The van der Waals surface area contributed by atoms with Gasteiger partial charge in [-0.25, -0.2) is 4.98 Å². The van der Waals surface area contributed by atoms with E-state index in [9.17, 15) is 5.11 Å². The third-order valence-corrected chi connectivity index (χ3v) is 1.88. The third-order valence-electron chi connectivity index (χ3n) is 1.88. The monoisotopic (exact) mass is 175 g/mol. The van der Waals surface area contributed by atoms with E-state index in [4.69, 9.17) is 11.5 Å². The molecule has 0 aliphatic rings. The Morgan fingerprint density at radius 2 is 2.00 bits per heavy atom. The normalized spacial score (nSPS) is 10.5. The van der Waals surface area contributed by atoms with Crippen LogP contribution < -0.4 is 11.5 Å². The number of benzene rings is 1. The molecule has 0 aliphatic heterocycles. The van der Waals surface area contributed by atoms with Gasteiger partial charge in [-0.05, 0) is 12.1 Å². The van der Waals surface area contributed by atoms with Gasteiger partial charge in [-0.2, -0.15) is 0 Å². The summed E-state index contributed by atoms with van der Waals surface area (Å²) in [6, 6.07) is 6.80. The molecule has 5 N–H and O–H groups in total. The Hall–Kier alpha value is -1.97. The highest BCUT2D eigenvalue weighted by atomic mass is 16.3. The van der Waals surface area contributed by atoms with Gasteiger partial charge in [0.25, 0.3) is 0 Å². The van der Waals surface area contributed by atoms with Crippen LogP contribution in [0.25, 0.3) is 10.9 Å². The average molecular weight is 175 g/mol. The fourth-order valence-electron chi connectivity index (χ4n) is 1.21. The molecule has 0 saturated carbocycles. The van der Waals surface area contributed by atoms with E-state index in [2.05, 4.69) is 4.98 Å². The maximum atomic E-state index is 9.43. The molecule has 0 atom stereocenters. The summed E-state index contributed by atoms with van der Waals surface area (Å²) in [6.07, 6.45) is 0. The first-order chi connectivity index (χ1) is 6.18. The van der Waals surface area contributed by atoms with Crippen LogP contribution in [0.15, 0.2) is 24.3 Å². The summed E-state index contributed by atoms with van der Waals surface area (Å²) in [5.74, 6) is 0.359. The number of hydrogen-bond acceptors (Lipinski definition) is 4. The Morgan fingerprint density at radius 3 is 2.77 bits per heavy atom. The number of aromatic nitrogens is 1. The zero-order chi connectivity index (χ0) is 9.42. The van der Waals surface area contributed by atoms with E-state index >= 15 is 0 Å². The van der Waals surface area contributed by atoms with Gasteiger partial charge in [0.15, 0.2) is 0 Å². The SMILES string of the molecule is Nc1cc2cccc(O)c2nc1N. The Kier molecular flexibility index (Phi) is 1.48. The topological polar surface area (TPSA) is 85.2 Å². The fourth-order valence-corrected chi connectivity index (χ4v) is 1.21. The van der Waals surface area contributed by atoms with Gasteiger partial charge in [0.05, 0.1) is 5.69 Å². The molecule has 1 heterocycles. The summed E-state index contributed by atoms with van der Waals surface area (Å²) in [7, 11) is 0. The van der Waals surface area contributed by atoms with Gasteiger partial charge in [0.2, 0.25) is 0 Å². The number of para-hydroxylation sites is 1. The fraction of sp³-hybridized carbons (Fsp3) is 0. The Bertz CT molecular complexity index is 468. The number of aromatic hydroxyl groups is 1. The van der Waals surface area contributed by atoms with Gasteiger partial charge in [-0.15, -0.1) is 0 Å². The molecule has 0 bridgehead atoms. The number of nitrogen functional groups attached to an aromatic ring is 2. The van der Waals surface area contributed by atoms with Gasteiger partial charge < -0.3 is 16.6 Å². The Morgan fingerprint density at radius 1 is 1.23 bits per heavy atom. The molecule has 13 heavy (non-hydrogen) atoms. The molecule has 2 rings (SSSR count). The maximum absolute atomic E-state index is 9.43. The van der Waals surface area contributed by atoms with E-state index in [1.807, 2.05) is 6.07 Å². The molecule has 0 amide bonds. The van der Waals surface area contributed by atoms with Crippen LogP contribution >= 0.6 is 0 Å². The summed E-state index contributed by atoms with van der Waals surface area (Å²) < 4.78 is 0. The molecule has 0 aliphatic carbocycles. The molecule has 0 spiro atoms. The van der Waals surface area contributed by atoms with Crippen molar-refractivity contribution in [3.05, 3.63) is 24.3 Å². The Balaban J connectivity index is 2.89. The summed E-state index contributed by atoms with van der Waals surface area (Å²) in [6.45, 7) is 0. The summed E-state index contributed by atoms with van der Waals surface area (Å²) >= 11 is 0. The summed E-state index contributed by atoms with van der Waals surface area (Å²) in [5.41, 5.74) is 12.0. The molecule has 0 unspecified atom stereocenters. The predicted octanol–water partition coefficient (Wildman–Crippen LogP) is 1.10. The largest absolute Gasteiger partial charge is 0.506 e. The molecule has 0 saturated heterocycles. The number of pyridine rings is 1. The minimum Gasteiger partial charge on any atom is -0.506 e. The lowest BCUT2D eigenvalue weighted by Crippen LogP contribution is -1.97. The molecule has 0 fully saturated rings. The van der Waals surface area contributed by atoms with Crippen LogP contribution in [0, 0.1) is 0 Å². The number of anilines is 2. The van der Waals surface area contributed by atoms with Crippen LogP contribution in [-0.2, 0) is 0 Å². The molecule has 1 aromatic heterocycles. The zero-order valence-corrected chi connectivity index (χ0v) is 6.86. The van der Waals surface area contributed by atoms with E-state index in [1.54, 1.807) is 18.2 Å². The van der Waals surface area contributed by atoms with Crippen molar-refractivity contribution in [3.8, 4) is 5.75 Å². The minimum atomic E-state index is 0.115. The van der Waals surface area contributed by atoms with Gasteiger partial charge in [0.1, 0.15) is 17.1 Å². The van der Waals surface area contributed by atoms with Crippen LogP contribution in [0.1, 0.15) is 0 Å². The first-order valence-corrected chi connectivity index (χ1v) is 3.82.